The number of hydrogen-bond acceptors (Lipinski definition) is 1. The Kier molecular flexibility index (Phi) is 5.40. The Morgan fingerprint density at radius 2 is 1.70 bits per heavy atom. The maximum absolute atomic E-state index is 11.7. The average Bonchev–Trinajstić information content (AvgIpc) is 2.44. The van der Waals surface area contributed by atoms with Gasteiger partial charge in [-0.3, -0.25) is 0 Å². The minimum Gasteiger partial charge on any atom is -0.338 e. The number of carbonyl (C=O) groups excluding carboxylic acids is 1. The van der Waals surface area contributed by atoms with Crippen LogP contribution >= 0.6 is 22.6 Å². The molecule has 0 bridgehead atoms. The highest BCUT2D eigenvalue weighted by molar-refractivity contribution is 14.1. The quantitative estimate of drug-likeness (QED) is 0.775. The van der Waals surface area contributed by atoms with Crippen molar-refractivity contribution >= 4 is 34.3 Å². The number of amides is 2. The lowest BCUT2D eigenvalue weighted by atomic mass is 10.1. The summed E-state index contributed by atoms with van der Waals surface area (Å²) >= 11 is 2.23. The van der Waals surface area contributed by atoms with Gasteiger partial charge in [0.1, 0.15) is 0 Å². The van der Waals surface area contributed by atoms with Crippen molar-refractivity contribution in [3.05, 3.63) is 63.2 Å². The summed E-state index contributed by atoms with van der Waals surface area (Å²) in [6.45, 7) is 2.69. The maximum atomic E-state index is 11.7. The molecule has 2 rings (SSSR count). The van der Waals surface area contributed by atoms with E-state index < -0.39 is 0 Å². The zero-order valence-electron chi connectivity index (χ0n) is 11.3. The summed E-state index contributed by atoms with van der Waals surface area (Å²) in [6.07, 6.45) is 0.834. The van der Waals surface area contributed by atoms with Crippen molar-refractivity contribution in [2.45, 2.75) is 13.3 Å². The summed E-state index contributed by atoms with van der Waals surface area (Å²) in [6, 6.07) is 15.9. The Hall–Kier alpha value is -1.56. The highest BCUT2D eigenvalue weighted by Crippen LogP contribution is 2.10. The van der Waals surface area contributed by atoms with Crippen molar-refractivity contribution in [3.63, 3.8) is 0 Å². The fourth-order valence-electron chi connectivity index (χ4n) is 1.78. The predicted molar refractivity (Wildman–Crippen MR) is 91.1 cm³/mol. The normalized spacial score (nSPS) is 10.1. The summed E-state index contributed by atoms with van der Waals surface area (Å²) in [5.41, 5.74) is 3.28. The molecule has 2 N–H and O–H groups in total. The molecule has 0 unspecified atom stereocenters. The fourth-order valence-corrected chi connectivity index (χ4v) is 2.14. The van der Waals surface area contributed by atoms with Crippen LogP contribution in [0.25, 0.3) is 0 Å². The Morgan fingerprint density at radius 3 is 2.35 bits per heavy atom. The van der Waals surface area contributed by atoms with Crippen LogP contribution in [0.3, 0.4) is 0 Å². The van der Waals surface area contributed by atoms with E-state index in [9.17, 15) is 4.79 Å². The highest BCUT2D eigenvalue weighted by Gasteiger charge is 2.01. The van der Waals surface area contributed by atoms with Crippen molar-refractivity contribution in [1.29, 1.82) is 0 Å². The first-order valence-electron chi connectivity index (χ1n) is 6.49. The van der Waals surface area contributed by atoms with Crippen LogP contribution in [0, 0.1) is 10.5 Å². The van der Waals surface area contributed by atoms with Crippen LogP contribution in [0.1, 0.15) is 11.1 Å². The Bertz CT molecular complexity index is 564. The third kappa shape index (κ3) is 4.85. The number of nitrogens with one attached hydrogen (secondary N) is 2. The van der Waals surface area contributed by atoms with E-state index in [1.165, 1.54) is 11.1 Å². The first-order chi connectivity index (χ1) is 9.63. The van der Waals surface area contributed by atoms with Crippen LogP contribution < -0.4 is 10.6 Å². The first kappa shape index (κ1) is 14.8. The lowest BCUT2D eigenvalue weighted by molar-refractivity contribution is 0.252. The molecule has 2 amide bonds. The fraction of sp³-hybridized carbons (Fsp3) is 0.188. The number of hydrogen-bond donors (Lipinski definition) is 2. The van der Waals surface area contributed by atoms with Crippen LogP contribution in [0.15, 0.2) is 48.5 Å². The Labute approximate surface area is 132 Å². The van der Waals surface area contributed by atoms with Gasteiger partial charge in [0, 0.05) is 15.8 Å². The molecule has 0 aromatic heterocycles. The molecule has 3 nitrogen and oxygen atoms in total. The highest BCUT2D eigenvalue weighted by atomic mass is 127. The van der Waals surface area contributed by atoms with Crippen LogP contribution in [0.2, 0.25) is 0 Å². The Morgan fingerprint density at radius 1 is 1.05 bits per heavy atom. The minimum absolute atomic E-state index is 0.168. The lowest BCUT2D eigenvalue weighted by Gasteiger charge is -2.08. The number of urea groups is 1. The molecule has 104 valence electrons. The van der Waals surface area contributed by atoms with Gasteiger partial charge in [-0.25, -0.2) is 4.79 Å². The summed E-state index contributed by atoms with van der Waals surface area (Å²) in [5, 5.41) is 5.67. The lowest BCUT2D eigenvalue weighted by Crippen LogP contribution is -2.30. The molecule has 20 heavy (non-hydrogen) atoms. The minimum atomic E-state index is -0.168. The second-order valence-electron chi connectivity index (χ2n) is 4.62. The van der Waals surface area contributed by atoms with Crippen molar-refractivity contribution in [1.82, 2.24) is 5.32 Å². The number of benzene rings is 2. The molecule has 0 fully saturated rings. The van der Waals surface area contributed by atoms with E-state index in [2.05, 4.69) is 64.4 Å². The Balaban J connectivity index is 1.75. The van der Waals surface area contributed by atoms with Crippen molar-refractivity contribution in [2.24, 2.45) is 0 Å². The molecule has 0 radical (unpaired) electrons. The second-order valence-corrected chi connectivity index (χ2v) is 5.87. The van der Waals surface area contributed by atoms with Gasteiger partial charge < -0.3 is 10.6 Å². The summed E-state index contributed by atoms with van der Waals surface area (Å²) in [4.78, 5) is 11.7. The van der Waals surface area contributed by atoms with Crippen LogP contribution in [0.5, 0.6) is 0 Å². The third-order valence-electron chi connectivity index (χ3n) is 2.92. The molecule has 0 aliphatic carbocycles. The van der Waals surface area contributed by atoms with Crippen LogP contribution in [-0.4, -0.2) is 12.6 Å². The van der Waals surface area contributed by atoms with Crippen molar-refractivity contribution in [2.75, 3.05) is 11.9 Å². The molecule has 0 saturated carbocycles. The van der Waals surface area contributed by atoms with Gasteiger partial charge in [0.05, 0.1) is 0 Å². The van der Waals surface area contributed by atoms with E-state index in [-0.39, 0.29) is 6.03 Å². The van der Waals surface area contributed by atoms with Crippen LogP contribution in [-0.2, 0) is 6.42 Å². The molecular formula is C16H17IN2O. The van der Waals surface area contributed by atoms with E-state index in [1.54, 1.807) is 0 Å². The average molecular weight is 380 g/mol. The first-order valence-corrected chi connectivity index (χ1v) is 7.57. The predicted octanol–water partition coefficient (Wildman–Crippen LogP) is 3.96. The van der Waals surface area contributed by atoms with Gasteiger partial charge in [-0.15, -0.1) is 0 Å². The zero-order valence-corrected chi connectivity index (χ0v) is 13.5. The molecule has 0 aliphatic rings. The molecular weight excluding hydrogens is 363 g/mol. The molecule has 0 atom stereocenters. The van der Waals surface area contributed by atoms with E-state index in [4.69, 9.17) is 0 Å². The molecule has 2 aromatic rings. The number of rotatable bonds is 4. The molecule has 2 aromatic carbocycles. The number of carbonyl (C=O) groups is 1. The van der Waals surface area contributed by atoms with Gasteiger partial charge in [0.25, 0.3) is 0 Å². The summed E-state index contributed by atoms with van der Waals surface area (Å²) in [5.74, 6) is 0. The van der Waals surface area contributed by atoms with Gasteiger partial charge in [-0.05, 0) is 65.8 Å². The summed E-state index contributed by atoms with van der Waals surface area (Å²) in [7, 11) is 0. The van der Waals surface area contributed by atoms with Gasteiger partial charge in [-0.2, -0.15) is 0 Å². The van der Waals surface area contributed by atoms with Gasteiger partial charge in [0.2, 0.25) is 0 Å². The second kappa shape index (κ2) is 7.28. The van der Waals surface area contributed by atoms with Gasteiger partial charge in [-0.1, -0.05) is 29.8 Å². The molecule has 0 heterocycles. The molecule has 4 heteroatoms. The van der Waals surface area contributed by atoms with Gasteiger partial charge >= 0.3 is 6.03 Å². The topological polar surface area (TPSA) is 41.1 Å². The van der Waals surface area contributed by atoms with E-state index in [0.29, 0.717) is 6.54 Å². The third-order valence-corrected chi connectivity index (χ3v) is 3.64. The number of halogens is 1. The van der Waals surface area contributed by atoms with E-state index in [1.807, 2.05) is 24.3 Å². The SMILES string of the molecule is Cc1ccc(CCNC(=O)Nc2ccc(I)cc2)cc1. The number of anilines is 1. The standard InChI is InChI=1S/C16H17IN2O/c1-12-2-4-13(5-3-12)10-11-18-16(20)19-15-8-6-14(17)7-9-15/h2-9H,10-11H2,1H3,(H2,18,19,20). The largest absolute Gasteiger partial charge is 0.338 e. The van der Waals surface area contributed by atoms with E-state index >= 15 is 0 Å². The number of aryl methyl sites for hydroxylation is 1. The van der Waals surface area contributed by atoms with Crippen molar-refractivity contribution < 1.29 is 4.79 Å². The smallest absolute Gasteiger partial charge is 0.319 e. The zero-order chi connectivity index (χ0) is 14.4. The van der Waals surface area contributed by atoms with E-state index in [0.717, 1.165) is 15.7 Å². The van der Waals surface area contributed by atoms with Gasteiger partial charge in [0.15, 0.2) is 0 Å². The molecule has 0 spiro atoms. The molecule has 0 saturated heterocycles. The maximum Gasteiger partial charge on any atom is 0.319 e. The summed E-state index contributed by atoms with van der Waals surface area (Å²) < 4.78 is 1.15. The van der Waals surface area contributed by atoms with Crippen LogP contribution in [0.4, 0.5) is 10.5 Å². The monoisotopic (exact) mass is 380 g/mol. The molecule has 0 aliphatic heterocycles. The van der Waals surface area contributed by atoms with Crippen molar-refractivity contribution in [3.8, 4) is 0 Å².